The van der Waals surface area contributed by atoms with Crippen LogP contribution in [0.25, 0.3) is 0 Å². The number of sulfonamides is 1. The number of hydrogen-bond donors (Lipinski definition) is 2. The number of rotatable bonds is 5. The van der Waals surface area contributed by atoms with Crippen molar-refractivity contribution in [3.63, 3.8) is 0 Å². The van der Waals surface area contributed by atoms with E-state index in [0.717, 1.165) is 4.13 Å². The molecule has 0 amide bonds. The number of hydrogen-bond acceptors (Lipinski definition) is 4. The lowest BCUT2D eigenvalue weighted by molar-refractivity contribution is 0.0161. The van der Waals surface area contributed by atoms with Crippen LogP contribution in [0, 0.1) is 0 Å². The number of thiol groups is 1. The maximum absolute atomic E-state index is 12.7. The highest BCUT2D eigenvalue weighted by atomic mass is 32.3. The Hall–Kier alpha value is -0.280. The topological polar surface area (TPSA) is 80.3 Å². The lowest BCUT2D eigenvalue weighted by atomic mass is 10.2. The van der Waals surface area contributed by atoms with Crippen LogP contribution < -0.4 is 4.13 Å². The smallest absolute Gasteiger partial charge is 0.215 e. The molecule has 1 N–H and O–H groups in total. The van der Waals surface area contributed by atoms with Gasteiger partial charge in [0.25, 0.3) is 5.92 Å². The van der Waals surface area contributed by atoms with Crippen molar-refractivity contribution in [2.24, 2.45) is 0 Å². The third kappa shape index (κ3) is 3.84. The third-order valence-corrected chi connectivity index (χ3v) is 4.62. The van der Waals surface area contributed by atoms with Gasteiger partial charge < -0.3 is 0 Å². The van der Waals surface area contributed by atoms with E-state index in [1.807, 2.05) is 0 Å². The second-order valence-electron chi connectivity index (χ2n) is 2.75. The van der Waals surface area contributed by atoms with E-state index in [1.54, 1.807) is 0 Å². The van der Waals surface area contributed by atoms with Gasteiger partial charge in [-0.15, -0.1) is 4.13 Å². The van der Waals surface area contributed by atoms with Crippen LogP contribution in [0.1, 0.15) is 20.3 Å². The van der Waals surface area contributed by atoms with E-state index >= 15 is 0 Å². The molecule has 0 saturated carbocycles. The van der Waals surface area contributed by atoms with Gasteiger partial charge in [0.15, 0.2) is 0 Å². The van der Waals surface area contributed by atoms with Crippen molar-refractivity contribution in [1.29, 1.82) is 0 Å². The molecule has 5 nitrogen and oxygen atoms in total. The van der Waals surface area contributed by atoms with Crippen molar-refractivity contribution in [3.8, 4) is 0 Å². The Balaban J connectivity index is 5.05. The molecule has 1 atom stereocenters. The number of halogens is 2. The molecular weight excluding hydrogens is 240 g/mol. The van der Waals surface area contributed by atoms with Gasteiger partial charge in [-0.05, 0) is 6.42 Å². The zero-order valence-corrected chi connectivity index (χ0v) is 9.24. The van der Waals surface area contributed by atoms with Crippen LogP contribution in [0.5, 0.6) is 0 Å². The van der Waals surface area contributed by atoms with Crippen LogP contribution >= 0.6 is 0 Å². The normalized spacial score (nSPS) is 15.8. The molecule has 0 aromatic carbocycles. The maximum atomic E-state index is 12.7. The fraction of sp³-hybridized carbons (Fsp3) is 1.00. The summed E-state index contributed by atoms with van der Waals surface area (Å²) in [5.74, 6) is -3.48. The standard InChI is InChI=1S/C5H11F2NO4S2/c1-3-4(5(2,6)7)14(11,12)8-13(9)10/h4,13H,3H2,1-2H3,(H,8,9,10). The van der Waals surface area contributed by atoms with E-state index in [0.29, 0.717) is 6.92 Å². The Bertz CT molecular complexity index is 348. The van der Waals surface area contributed by atoms with Gasteiger partial charge in [0, 0.05) is 6.92 Å². The van der Waals surface area contributed by atoms with Crippen molar-refractivity contribution in [3.05, 3.63) is 0 Å². The van der Waals surface area contributed by atoms with Gasteiger partial charge >= 0.3 is 0 Å². The van der Waals surface area contributed by atoms with Crippen LogP contribution in [0.15, 0.2) is 0 Å². The van der Waals surface area contributed by atoms with Crippen LogP contribution in [0.3, 0.4) is 0 Å². The highest BCUT2D eigenvalue weighted by molar-refractivity contribution is 7.98. The molecule has 0 aliphatic rings. The Kier molecular flexibility index (Phi) is 4.40. The number of nitrogens with one attached hydrogen (secondary N) is 1. The predicted octanol–water partition coefficient (Wildman–Crippen LogP) is -0.134. The molecule has 14 heavy (non-hydrogen) atoms. The summed E-state index contributed by atoms with van der Waals surface area (Å²) in [6, 6.07) is 0. The molecule has 0 aliphatic carbocycles. The lowest BCUT2D eigenvalue weighted by Gasteiger charge is -2.20. The molecule has 0 aromatic rings. The Labute approximate surface area is 82.6 Å². The second kappa shape index (κ2) is 4.49. The summed E-state index contributed by atoms with van der Waals surface area (Å²) in [7, 11) is -7.97. The summed E-state index contributed by atoms with van der Waals surface area (Å²) in [6.07, 6.45) is -0.373. The molecule has 0 rings (SSSR count). The summed E-state index contributed by atoms with van der Waals surface area (Å²) in [5.41, 5.74) is 0. The molecule has 0 saturated heterocycles. The highest BCUT2D eigenvalue weighted by Crippen LogP contribution is 2.25. The fourth-order valence-corrected chi connectivity index (χ4v) is 3.34. The van der Waals surface area contributed by atoms with E-state index in [1.165, 1.54) is 6.92 Å². The first-order valence-electron chi connectivity index (χ1n) is 3.64. The maximum Gasteiger partial charge on any atom is 0.263 e. The summed E-state index contributed by atoms with van der Waals surface area (Å²) in [6.45, 7) is 1.66. The summed E-state index contributed by atoms with van der Waals surface area (Å²) in [5, 5.41) is -2.04. The van der Waals surface area contributed by atoms with Gasteiger partial charge in [-0.3, -0.25) is 0 Å². The molecule has 0 spiro atoms. The molecular formula is C5H11F2NO4S2. The van der Waals surface area contributed by atoms with Crippen LogP contribution in [0.4, 0.5) is 8.78 Å². The molecule has 0 aromatic heterocycles. The minimum absolute atomic E-state index is 0.373. The van der Waals surface area contributed by atoms with E-state index in [4.69, 9.17) is 0 Å². The average Bonchev–Trinajstić information content (AvgIpc) is 1.79. The quantitative estimate of drug-likeness (QED) is 0.667. The molecule has 0 radical (unpaired) electrons. The Morgan fingerprint density at radius 2 is 1.86 bits per heavy atom. The molecule has 0 bridgehead atoms. The number of alkyl halides is 2. The van der Waals surface area contributed by atoms with Gasteiger partial charge in [-0.2, -0.15) is 0 Å². The van der Waals surface area contributed by atoms with Gasteiger partial charge in [-0.1, -0.05) is 6.92 Å². The average molecular weight is 251 g/mol. The SMILES string of the molecule is CCC(C(C)(F)F)S(=O)(=O)N[SH](=O)=O. The van der Waals surface area contributed by atoms with E-state index in [-0.39, 0.29) is 6.42 Å². The predicted molar refractivity (Wildman–Crippen MR) is 47.1 cm³/mol. The summed E-state index contributed by atoms with van der Waals surface area (Å²) >= 11 is 0. The zero-order valence-electron chi connectivity index (χ0n) is 7.53. The third-order valence-electron chi connectivity index (χ3n) is 1.51. The van der Waals surface area contributed by atoms with Crippen molar-refractivity contribution in [1.82, 2.24) is 4.13 Å². The minimum atomic E-state index is -4.53. The Morgan fingerprint density at radius 3 is 2.07 bits per heavy atom. The van der Waals surface area contributed by atoms with Gasteiger partial charge in [-0.25, -0.2) is 25.6 Å². The van der Waals surface area contributed by atoms with Crippen LogP contribution in [-0.2, 0) is 20.9 Å². The van der Waals surface area contributed by atoms with Gasteiger partial charge in [0.2, 0.25) is 20.9 Å². The molecule has 9 heteroatoms. The molecule has 0 fully saturated rings. The second-order valence-corrected chi connectivity index (χ2v) is 5.65. The van der Waals surface area contributed by atoms with Gasteiger partial charge in [0.1, 0.15) is 5.25 Å². The van der Waals surface area contributed by atoms with Crippen molar-refractivity contribution < 1.29 is 25.6 Å². The fourth-order valence-electron chi connectivity index (χ4n) is 1.02. The lowest BCUT2D eigenvalue weighted by Crippen LogP contribution is -2.43. The van der Waals surface area contributed by atoms with E-state index < -0.39 is 32.1 Å². The first-order valence-corrected chi connectivity index (χ1v) is 6.37. The van der Waals surface area contributed by atoms with Gasteiger partial charge in [0.05, 0.1) is 0 Å². The largest absolute Gasteiger partial charge is 0.263 e. The molecule has 0 heterocycles. The molecule has 0 aliphatic heterocycles. The van der Waals surface area contributed by atoms with Crippen LogP contribution in [-0.4, -0.2) is 28.0 Å². The van der Waals surface area contributed by atoms with Crippen molar-refractivity contribution in [2.45, 2.75) is 31.4 Å². The first-order chi connectivity index (χ1) is 6.11. The minimum Gasteiger partial charge on any atom is -0.215 e. The van der Waals surface area contributed by atoms with Crippen molar-refractivity contribution in [2.75, 3.05) is 0 Å². The zero-order chi connectivity index (χ0) is 11.6. The first kappa shape index (κ1) is 13.7. The highest BCUT2D eigenvalue weighted by Gasteiger charge is 2.42. The molecule has 1 unspecified atom stereocenters. The van der Waals surface area contributed by atoms with Crippen molar-refractivity contribution >= 4 is 20.9 Å². The summed E-state index contributed by atoms with van der Waals surface area (Å²) in [4.78, 5) is 0. The van der Waals surface area contributed by atoms with E-state index in [9.17, 15) is 25.6 Å². The molecule has 86 valence electrons. The Morgan fingerprint density at radius 1 is 1.43 bits per heavy atom. The monoisotopic (exact) mass is 251 g/mol. The summed E-state index contributed by atoms with van der Waals surface area (Å²) < 4.78 is 68.8. The van der Waals surface area contributed by atoms with E-state index in [2.05, 4.69) is 0 Å². The van der Waals surface area contributed by atoms with Crippen LogP contribution in [0.2, 0.25) is 0 Å².